The second kappa shape index (κ2) is 4.84. The van der Waals surface area contributed by atoms with Gasteiger partial charge in [-0.1, -0.05) is 22.0 Å². The Labute approximate surface area is 130 Å². The Kier molecular flexibility index (Phi) is 3.24. The summed E-state index contributed by atoms with van der Waals surface area (Å²) < 4.78 is 19.5. The Morgan fingerprint density at radius 3 is 2.62 bits per heavy atom. The lowest BCUT2D eigenvalue weighted by Gasteiger charge is -2.32. The topological polar surface area (TPSA) is 38.3 Å². The number of nitrogens with one attached hydrogen (secondary N) is 1. The van der Waals surface area contributed by atoms with E-state index in [4.69, 9.17) is 4.74 Å². The molecule has 0 radical (unpaired) electrons. The standard InChI is InChI=1S/C16H13BrFNO2/c1-16(2)13-7-9(3-4-14(13)19-15(20)21-16)10-5-11(17)8-12(18)6-10/h3-8H,1-2H3,(H,19,20). The van der Waals surface area contributed by atoms with Gasteiger partial charge in [0.15, 0.2) is 0 Å². The van der Waals surface area contributed by atoms with Gasteiger partial charge < -0.3 is 4.74 Å². The van der Waals surface area contributed by atoms with Gasteiger partial charge in [-0.15, -0.1) is 0 Å². The third-order valence-electron chi connectivity index (χ3n) is 3.45. The molecular formula is C16H13BrFNO2. The first-order valence-electron chi connectivity index (χ1n) is 6.46. The van der Waals surface area contributed by atoms with Crippen LogP contribution in [0, 0.1) is 5.82 Å². The summed E-state index contributed by atoms with van der Waals surface area (Å²) in [6.07, 6.45) is -0.464. The van der Waals surface area contributed by atoms with Crippen molar-refractivity contribution >= 4 is 27.7 Å². The van der Waals surface area contributed by atoms with Crippen molar-refractivity contribution in [2.75, 3.05) is 5.32 Å². The monoisotopic (exact) mass is 349 g/mol. The molecule has 0 saturated heterocycles. The molecule has 5 heteroatoms. The molecule has 0 aromatic heterocycles. The van der Waals surface area contributed by atoms with Crippen LogP contribution in [-0.2, 0) is 10.3 Å². The van der Waals surface area contributed by atoms with E-state index in [1.165, 1.54) is 12.1 Å². The molecule has 0 aliphatic carbocycles. The summed E-state index contributed by atoms with van der Waals surface area (Å²) in [7, 11) is 0. The van der Waals surface area contributed by atoms with Gasteiger partial charge in [0.1, 0.15) is 11.4 Å². The van der Waals surface area contributed by atoms with E-state index in [0.717, 1.165) is 22.4 Å². The van der Waals surface area contributed by atoms with Crippen LogP contribution >= 0.6 is 15.9 Å². The molecule has 0 spiro atoms. The van der Waals surface area contributed by atoms with Crippen molar-refractivity contribution in [3.8, 4) is 11.1 Å². The highest BCUT2D eigenvalue weighted by molar-refractivity contribution is 9.10. The second-order valence-electron chi connectivity index (χ2n) is 5.44. The molecule has 0 fully saturated rings. The predicted molar refractivity (Wildman–Crippen MR) is 82.7 cm³/mol. The molecule has 1 aliphatic heterocycles. The fourth-order valence-electron chi connectivity index (χ4n) is 2.47. The third kappa shape index (κ3) is 2.65. The van der Waals surface area contributed by atoms with Crippen molar-refractivity contribution in [3.63, 3.8) is 0 Å². The number of carbonyl (C=O) groups excluding carboxylic acids is 1. The molecule has 3 nitrogen and oxygen atoms in total. The lowest BCUT2D eigenvalue weighted by molar-refractivity contribution is 0.0421. The smallest absolute Gasteiger partial charge is 0.412 e. The molecule has 2 aromatic rings. The highest BCUT2D eigenvalue weighted by Gasteiger charge is 2.33. The van der Waals surface area contributed by atoms with Gasteiger partial charge in [-0.2, -0.15) is 0 Å². The Morgan fingerprint density at radius 1 is 1.14 bits per heavy atom. The number of hydrogen-bond acceptors (Lipinski definition) is 2. The van der Waals surface area contributed by atoms with Gasteiger partial charge in [-0.25, -0.2) is 9.18 Å². The minimum absolute atomic E-state index is 0.305. The van der Waals surface area contributed by atoms with E-state index in [0.29, 0.717) is 4.47 Å². The van der Waals surface area contributed by atoms with Gasteiger partial charge in [0.2, 0.25) is 0 Å². The number of carbonyl (C=O) groups is 1. The summed E-state index contributed by atoms with van der Waals surface area (Å²) in [4.78, 5) is 11.5. The summed E-state index contributed by atoms with van der Waals surface area (Å²) >= 11 is 3.29. The summed E-state index contributed by atoms with van der Waals surface area (Å²) in [5, 5.41) is 2.67. The van der Waals surface area contributed by atoms with Crippen molar-refractivity contribution in [2.45, 2.75) is 19.4 Å². The molecule has 0 atom stereocenters. The third-order valence-corrected chi connectivity index (χ3v) is 3.91. The zero-order chi connectivity index (χ0) is 15.2. The van der Waals surface area contributed by atoms with E-state index >= 15 is 0 Å². The first-order valence-corrected chi connectivity index (χ1v) is 7.25. The van der Waals surface area contributed by atoms with Crippen LogP contribution in [0.4, 0.5) is 14.9 Å². The summed E-state index contributed by atoms with van der Waals surface area (Å²) in [5.74, 6) is -0.305. The number of amides is 1. The van der Waals surface area contributed by atoms with Gasteiger partial charge in [-0.3, -0.25) is 5.32 Å². The fourth-order valence-corrected chi connectivity index (χ4v) is 2.94. The Morgan fingerprint density at radius 2 is 1.90 bits per heavy atom. The van der Waals surface area contributed by atoms with Crippen LogP contribution in [0.2, 0.25) is 0 Å². The number of cyclic esters (lactones) is 1. The first-order chi connectivity index (χ1) is 9.85. The van der Waals surface area contributed by atoms with Gasteiger partial charge in [-0.05, 0) is 55.3 Å². The van der Waals surface area contributed by atoms with Crippen molar-refractivity contribution in [1.82, 2.24) is 0 Å². The van der Waals surface area contributed by atoms with Crippen LogP contribution in [0.5, 0.6) is 0 Å². The number of anilines is 1. The van der Waals surface area contributed by atoms with Crippen molar-refractivity contribution < 1.29 is 13.9 Å². The average Bonchev–Trinajstić information content (AvgIpc) is 2.36. The number of fused-ring (bicyclic) bond motifs is 1. The molecular weight excluding hydrogens is 337 g/mol. The minimum Gasteiger partial charge on any atom is -0.438 e. The van der Waals surface area contributed by atoms with Gasteiger partial charge >= 0.3 is 6.09 Å². The first kappa shape index (κ1) is 14.1. The maximum absolute atomic E-state index is 13.5. The number of halogens is 2. The highest BCUT2D eigenvalue weighted by Crippen LogP contribution is 2.38. The van der Waals surface area contributed by atoms with E-state index < -0.39 is 11.7 Å². The Balaban J connectivity index is 2.13. The summed E-state index contributed by atoms with van der Waals surface area (Å²) in [5.41, 5.74) is 2.48. The molecule has 21 heavy (non-hydrogen) atoms. The van der Waals surface area contributed by atoms with Gasteiger partial charge in [0.05, 0.1) is 5.69 Å². The zero-order valence-corrected chi connectivity index (χ0v) is 13.1. The molecule has 0 bridgehead atoms. The van der Waals surface area contributed by atoms with Crippen molar-refractivity contribution in [1.29, 1.82) is 0 Å². The average molecular weight is 350 g/mol. The number of rotatable bonds is 1. The molecule has 1 heterocycles. The van der Waals surface area contributed by atoms with E-state index in [2.05, 4.69) is 21.2 Å². The molecule has 2 aromatic carbocycles. The highest BCUT2D eigenvalue weighted by atomic mass is 79.9. The fraction of sp³-hybridized carbons (Fsp3) is 0.188. The Hall–Kier alpha value is -1.88. The van der Waals surface area contributed by atoms with Gasteiger partial charge in [0, 0.05) is 10.0 Å². The quantitative estimate of drug-likeness (QED) is 0.781. The van der Waals surface area contributed by atoms with Crippen molar-refractivity contribution in [3.05, 3.63) is 52.3 Å². The normalized spacial score (nSPS) is 15.9. The number of benzene rings is 2. The minimum atomic E-state index is -0.724. The SMILES string of the molecule is CC1(C)OC(=O)Nc2ccc(-c3cc(F)cc(Br)c3)cc21. The number of hydrogen-bond donors (Lipinski definition) is 1. The maximum atomic E-state index is 13.5. The van der Waals surface area contributed by atoms with E-state index in [9.17, 15) is 9.18 Å². The Bertz CT molecular complexity index is 723. The molecule has 0 saturated carbocycles. The summed E-state index contributed by atoms with van der Waals surface area (Å²) in [6, 6.07) is 10.3. The zero-order valence-electron chi connectivity index (χ0n) is 11.5. The van der Waals surface area contributed by atoms with Gasteiger partial charge in [0.25, 0.3) is 0 Å². The second-order valence-corrected chi connectivity index (χ2v) is 6.36. The molecule has 1 N–H and O–H groups in total. The van der Waals surface area contributed by atoms with Crippen LogP contribution in [0.25, 0.3) is 11.1 Å². The largest absolute Gasteiger partial charge is 0.438 e. The lowest BCUT2D eigenvalue weighted by Crippen LogP contribution is -2.34. The number of ether oxygens (including phenoxy) is 1. The van der Waals surface area contributed by atoms with Crippen LogP contribution in [0.15, 0.2) is 40.9 Å². The van der Waals surface area contributed by atoms with Crippen LogP contribution in [-0.4, -0.2) is 6.09 Å². The molecule has 1 amide bonds. The molecule has 108 valence electrons. The maximum Gasteiger partial charge on any atom is 0.412 e. The van der Waals surface area contributed by atoms with Crippen LogP contribution in [0.1, 0.15) is 19.4 Å². The summed E-state index contributed by atoms with van der Waals surface area (Å²) in [6.45, 7) is 3.66. The van der Waals surface area contributed by atoms with E-state index in [1.54, 1.807) is 0 Å². The van der Waals surface area contributed by atoms with E-state index in [1.807, 2.05) is 38.1 Å². The van der Waals surface area contributed by atoms with Crippen LogP contribution in [0.3, 0.4) is 0 Å². The van der Waals surface area contributed by atoms with Crippen LogP contribution < -0.4 is 5.32 Å². The molecule has 0 unspecified atom stereocenters. The van der Waals surface area contributed by atoms with Crippen molar-refractivity contribution in [2.24, 2.45) is 0 Å². The predicted octanol–water partition coefficient (Wildman–Crippen LogP) is 5.05. The lowest BCUT2D eigenvalue weighted by atomic mass is 9.91. The van der Waals surface area contributed by atoms with E-state index in [-0.39, 0.29) is 5.82 Å². The molecule has 3 rings (SSSR count). The molecule has 1 aliphatic rings.